The van der Waals surface area contributed by atoms with Gasteiger partial charge in [-0.25, -0.2) is 9.13 Å². The third-order valence-corrected chi connectivity index (χ3v) is 17.6. The smallest absolute Gasteiger partial charge is 0.463 e. The Balaban J connectivity index is 4.35. The van der Waals surface area contributed by atoms with Crippen LogP contribution in [0.1, 0.15) is 303 Å². The summed E-state index contributed by atoms with van der Waals surface area (Å²) in [6.45, 7) is 2.37. The SMILES string of the molecule is CC/C=C\C/C=C\C/C=C\C/C=C\C/C=C\CCCCCCCCCCCCCCCCCCCC(=O)OCC(O)COP(=O)(O)OCC(O)COP(=O)(O)OCC(COC(=O)CCCCCC/C=C\C/C=C\C/C=C\C/C=C\CC)OC(=O)CCCCCCC/C=C\CCCC. The topological polar surface area (TPSA) is 231 Å². The van der Waals surface area contributed by atoms with Crippen molar-refractivity contribution in [2.45, 2.75) is 322 Å². The molecule has 4 N–H and O–H groups in total. The minimum absolute atomic E-state index is 0.0872. The van der Waals surface area contributed by atoms with E-state index in [4.69, 9.17) is 32.3 Å². The molecule has 558 valence electrons. The minimum atomic E-state index is -4.93. The second-order valence-electron chi connectivity index (χ2n) is 25.0. The van der Waals surface area contributed by atoms with Crippen LogP contribution in [0.15, 0.2) is 122 Å². The number of phosphoric ester groups is 2. The van der Waals surface area contributed by atoms with Gasteiger partial charge in [0.05, 0.1) is 26.4 Å². The summed E-state index contributed by atoms with van der Waals surface area (Å²) in [6.07, 6.45) is 84.3. The largest absolute Gasteiger partial charge is 0.472 e. The lowest BCUT2D eigenvalue weighted by molar-refractivity contribution is -0.161. The molecule has 0 aromatic carbocycles. The number of aliphatic hydroxyl groups excluding tert-OH is 2. The number of phosphoric acid groups is 2. The Hall–Kier alpha value is -4.05. The number of carbonyl (C=O) groups excluding carboxylic acids is 3. The molecular formula is C79H136O16P2. The van der Waals surface area contributed by atoms with Gasteiger partial charge in [-0.1, -0.05) is 284 Å². The molecule has 5 unspecified atom stereocenters. The van der Waals surface area contributed by atoms with Crippen molar-refractivity contribution in [1.82, 2.24) is 0 Å². The number of unbranched alkanes of at least 4 members (excludes halogenated alkanes) is 28. The van der Waals surface area contributed by atoms with E-state index in [0.717, 1.165) is 141 Å². The normalized spacial score (nSPS) is 14.8. The van der Waals surface area contributed by atoms with E-state index in [1.165, 1.54) is 103 Å². The molecule has 0 fully saturated rings. The molecule has 0 saturated carbocycles. The maximum Gasteiger partial charge on any atom is 0.472 e. The van der Waals surface area contributed by atoms with Crippen molar-refractivity contribution in [3.63, 3.8) is 0 Å². The first-order chi connectivity index (χ1) is 47.2. The zero-order valence-corrected chi connectivity index (χ0v) is 62.5. The Morgan fingerprint density at radius 3 is 0.876 bits per heavy atom. The van der Waals surface area contributed by atoms with Crippen LogP contribution in [0.3, 0.4) is 0 Å². The zero-order valence-electron chi connectivity index (χ0n) is 60.7. The molecule has 16 nitrogen and oxygen atoms in total. The lowest BCUT2D eigenvalue weighted by Crippen LogP contribution is -2.30. The first-order valence-corrected chi connectivity index (χ1v) is 40.8. The van der Waals surface area contributed by atoms with Crippen molar-refractivity contribution in [2.75, 3.05) is 39.6 Å². The highest BCUT2D eigenvalue weighted by Crippen LogP contribution is 2.45. The van der Waals surface area contributed by atoms with E-state index in [1.54, 1.807) is 0 Å². The Morgan fingerprint density at radius 2 is 0.546 bits per heavy atom. The lowest BCUT2D eigenvalue weighted by atomic mass is 10.0. The molecule has 97 heavy (non-hydrogen) atoms. The molecule has 0 radical (unpaired) electrons. The lowest BCUT2D eigenvalue weighted by Gasteiger charge is -2.21. The molecule has 0 aliphatic heterocycles. The van der Waals surface area contributed by atoms with E-state index in [0.29, 0.717) is 19.3 Å². The van der Waals surface area contributed by atoms with E-state index in [1.807, 2.05) is 0 Å². The van der Waals surface area contributed by atoms with Gasteiger partial charge in [-0.15, -0.1) is 0 Å². The van der Waals surface area contributed by atoms with Crippen molar-refractivity contribution in [3.8, 4) is 0 Å². The first-order valence-electron chi connectivity index (χ1n) is 37.8. The summed E-state index contributed by atoms with van der Waals surface area (Å²) in [5, 5.41) is 20.6. The molecule has 0 aliphatic carbocycles. The fraction of sp³-hybridized carbons (Fsp3) is 0.709. The fourth-order valence-electron chi connectivity index (χ4n) is 9.92. The summed E-state index contributed by atoms with van der Waals surface area (Å²) < 4.78 is 60.9. The van der Waals surface area contributed by atoms with Crippen LogP contribution in [0.25, 0.3) is 0 Å². The average Bonchev–Trinajstić information content (AvgIpc) is 1.59. The summed E-state index contributed by atoms with van der Waals surface area (Å²) in [4.78, 5) is 58.4. The van der Waals surface area contributed by atoms with Crippen LogP contribution in [-0.4, -0.2) is 95.9 Å². The monoisotopic (exact) mass is 1400 g/mol. The molecule has 0 aromatic heterocycles. The molecule has 0 spiro atoms. The highest BCUT2D eigenvalue weighted by Gasteiger charge is 2.29. The molecule has 0 bridgehead atoms. The van der Waals surface area contributed by atoms with Crippen LogP contribution in [0, 0.1) is 0 Å². The van der Waals surface area contributed by atoms with Crippen molar-refractivity contribution in [1.29, 1.82) is 0 Å². The van der Waals surface area contributed by atoms with Gasteiger partial charge >= 0.3 is 33.6 Å². The maximum absolute atomic E-state index is 12.9. The van der Waals surface area contributed by atoms with Crippen molar-refractivity contribution < 1.29 is 75.8 Å². The number of aliphatic hydroxyl groups is 2. The predicted octanol–water partition coefficient (Wildman–Crippen LogP) is 21.8. The summed E-state index contributed by atoms with van der Waals surface area (Å²) >= 11 is 0. The van der Waals surface area contributed by atoms with E-state index >= 15 is 0 Å². The predicted molar refractivity (Wildman–Crippen MR) is 399 cm³/mol. The van der Waals surface area contributed by atoms with Gasteiger partial charge in [0.15, 0.2) is 6.10 Å². The van der Waals surface area contributed by atoms with Crippen LogP contribution in [0.2, 0.25) is 0 Å². The number of carbonyl (C=O) groups is 3. The highest BCUT2D eigenvalue weighted by atomic mass is 31.2. The molecule has 0 amide bonds. The molecule has 0 heterocycles. The minimum Gasteiger partial charge on any atom is -0.463 e. The second kappa shape index (κ2) is 71.8. The van der Waals surface area contributed by atoms with Gasteiger partial charge in [0.25, 0.3) is 0 Å². The molecule has 0 saturated heterocycles. The van der Waals surface area contributed by atoms with Crippen molar-refractivity contribution in [2.24, 2.45) is 0 Å². The summed E-state index contributed by atoms with van der Waals surface area (Å²) in [5.74, 6) is -1.61. The van der Waals surface area contributed by atoms with E-state index < -0.39 is 91.5 Å². The van der Waals surface area contributed by atoms with Gasteiger partial charge in [0.2, 0.25) is 0 Å². The van der Waals surface area contributed by atoms with Crippen LogP contribution >= 0.6 is 15.6 Å². The summed E-state index contributed by atoms with van der Waals surface area (Å²) in [7, 11) is -9.78. The Labute approximate surface area is 589 Å². The van der Waals surface area contributed by atoms with Crippen LogP contribution in [0.4, 0.5) is 0 Å². The number of esters is 3. The van der Waals surface area contributed by atoms with Crippen molar-refractivity contribution >= 4 is 33.6 Å². The summed E-state index contributed by atoms with van der Waals surface area (Å²) in [5.41, 5.74) is 0. The molecule has 0 aliphatic rings. The molecule has 0 aromatic rings. The second-order valence-corrected chi connectivity index (χ2v) is 27.9. The number of allylic oxidation sites excluding steroid dienone is 20. The fourth-order valence-corrected chi connectivity index (χ4v) is 11.5. The Kier molecular flexibility index (Phi) is 68.8. The van der Waals surface area contributed by atoms with E-state index in [2.05, 4.69) is 142 Å². The average molecular weight is 1400 g/mol. The Morgan fingerprint density at radius 1 is 0.299 bits per heavy atom. The molecular weight excluding hydrogens is 1270 g/mol. The molecule has 18 heteroatoms. The number of hydrogen-bond donors (Lipinski definition) is 4. The van der Waals surface area contributed by atoms with E-state index in [-0.39, 0.29) is 19.3 Å². The third-order valence-electron chi connectivity index (χ3n) is 15.7. The van der Waals surface area contributed by atoms with Gasteiger partial charge in [0.1, 0.15) is 25.4 Å². The molecule has 5 atom stereocenters. The van der Waals surface area contributed by atoms with Gasteiger partial charge in [-0.2, -0.15) is 0 Å². The van der Waals surface area contributed by atoms with Gasteiger partial charge < -0.3 is 34.2 Å². The van der Waals surface area contributed by atoms with Gasteiger partial charge in [-0.3, -0.25) is 32.5 Å². The quantitative estimate of drug-likeness (QED) is 0.0146. The number of hydrogen-bond acceptors (Lipinski definition) is 14. The number of ether oxygens (including phenoxy) is 3. The highest BCUT2D eigenvalue weighted by molar-refractivity contribution is 7.47. The van der Waals surface area contributed by atoms with Gasteiger partial charge in [0, 0.05) is 19.3 Å². The van der Waals surface area contributed by atoms with Crippen LogP contribution in [0.5, 0.6) is 0 Å². The van der Waals surface area contributed by atoms with Crippen molar-refractivity contribution in [3.05, 3.63) is 122 Å². The van der Waals surface area contributed by atoms with Crippen LogP contribution < -0.4 is 0 Å². The standard InChI is InChI=1S/C79H136O16P2/c1-4-7-10-13-16-19-22-24-26-28-29-30-31-32-33-34-35-36-37-38-39-40-41-42-43-45-47-48-51-53-56-59-62-65-77(82)89-68-74(80)69-91-96(85,86)92-70-75(81)71-93-97(87,88)94-73-76(95-79(84)67-64-61-58-55-50-21-18-15-12-9-6-3)72-90-78(83)66-63-60-57-54-52-49-46-44-27-25-23-20-17-14-11-8-5-2/h7-8,10-11,15-20,24-27,29-30,32-33,46,49,74-76,80-81H,4-6,9,12-14,21-23,28,31,34-45,47-48,50-73H2,1-3H3,(H,85,86)(H,87,88)/b10-7-,11-8-,18-15-,19-16-,20-17-,26-24-,27-25-,30-29-,33-32-,49-46-. The summed E-state index contributed by atoms with van der Waals surface area (Å²) in [6, 6.07) is 0. The first kappa shape index (κ1) is 93.0. The van der Waals surface area contributed by atoms with Gasteiger partial charge in [-0.05, 0) is 122 Å². The van der Waals surface area contributed by atoms with E-state index in [9.17, 15) is 43.5 Å². The number of rotatable bonds is 71. The molecule has 0 rings (SSSR count). The van der Waals surface area contributed by atoms with Crippen LogP contribution in [-0.2, 0) is 55.8 Å². The maximum atomic E-state index is 12.9. The zero-order chi connectivity index (χ0) is 70.9. The Bertz CT molecular complexity index is 2250. The third kappa shape index (κ3) is 73.0.